The Labute approximate surface area is 164 Å². The van der Waals surface area contributed by atoms with Gasteiger partial charge < -0.3 is 4.74 Å². The van der Waals surface area contributed by atoms with Crippen LogP contribution in [0.15, 0.2) is 94.9 Å². The monoisotopic (exact) mass is 396 g/mol. The Morgan fingerprint density at radius 2 is 1.50 bits per heavy atom. The lowest BCUT2D eigenvalue weighted by Gasteiger charge is -2.11. The van der Waals surface area contributed by atoms with Crippen molar-refractivity contribution in [3.63, 3.8) is 0 Å². The zero-order chi connectivity index (χ0) is 19.8. The summed E-state index contributed by atoms with van der Waals surface area (Å²) in [5.41, 5.74) is 4.91. The fraction of sp³-hybridized carbons (Fsp3) is 0.0952. The van der Waals surface area contributed by atoms with Crippen LogP contribution < -0.4 is 10.2 Å². The number of hydrogen-bond acceptors (Lipinski definition) is 6. The first-order valence-electron chi connectivity index (χ1n) is 8.55. The molecule has 0 fully saturated rings. The van der Waals surface area contributed by atoms with Gasteiger partial charge in [-0.2, -0.15) is 13.5 Å². The number of rotatable bonds is 8. The molecule has 0 aliphatic carbocycles. The lowest BCUT2D eigenvalue weighted by molar-refractivity contribution is 0.358. The molecule has 144 valence electrons. The highest BCUT2D eigenvalue weighted by atomic mass is 32.2. The Bertz CT molecular complexity index is 1040. The molecule has 1 N–H and O–H groups in total. The van der Waals surface area contributed by atoms with Crippen molar-refractivity contribution in [2.75, 3.05) is 19.1 Å². The summed E-state index contributed by atoms with van der Waals surface area (Å²) >= 11 is 0. The lowest BCUT2D eigenvalue weighted by atomic mass is 10.1. The van der Waals surface area contributed by atoms with Crippen molar-refractivity contribution >= 4 is 21.5 Å². The minimum atomic E-state index is -4.02. The van der Waals surface area contributed by atoms with E-state index in [2.05, 4.69) is 10.5 Å². The van der Waals surface area contributed by atoms with Gasteiger partial charge in [0.15, 0.2) is 0 Å². The zero-order valence-electron chi connectivity index (χ0n) is 15.3. The van der Waals surface area contributed by atoms with E-state index >= 15 is 0 Å². The number of hydrogen-bond donors (Lipinski definition) is 1. The van der Waals surface area contributed by atoms with E-state index in [9.17, 15) is 8.42 Å². The molecule has 28 heavy (non-hydrogen) atoms. The molecule has 7 heteroatoms. The van der Waals surface area contributed by atoms with Crippen molar-refractivity contribution < 1.29 is 17.3 Å². The topological polar surface area (TPSA) is 77.0 Å². The second kappa shape index (κ2) is 9.16. The van der Waals surface area contributed by atoms with Crippen LogP contribution in [0.3, 0.4) is 0 Å². The molecule has 0 unspecified atom stereocenters. The van der Waals surface area contributed by atoms with Gasteiger partial charge in [-0.05, 0) is 24.3 Å². The number of anilines is 1. The van der Waals surface area contributed by atoms with Crippen molar-refractivity contribution in [3.8, 4) is 5.75 Å². The highest BCUT2D eigenvalue weighted by Crippen LogP contribution is 2.24. The van der Waals surface area contributed by atoms with E-state index in [-0.39, 0.29) is 17.3 Å². The van der Waals surface area contributed by atoms with Crippen molar-refractivity contribution in [3.05, 3.63) is 90.5 Å². The Balaban J connectivity index is 1.83. The minimum Gasteiger partial charge on any atom is -0.495 e. The van der Waals surface area contributed by atoms with Crippen LogP contribution in [0.25, 0.3) is 0 Å². The van der Waals surface area contributed by atoms with E-state index in [0.717, 1.165) is 11.3 Å². The molecule has 0 bridgehead atoms. The highest BCUT2D eigenvalue weighted by molar-refractivity contribution is 7.86. The van der Waals surface area contributed by atoms with Crippen LogP contribution in [0.2, 0.25) is 0 Å². The molecule has 0 radical (unpaired) electrons. The van der Waals surface area contributed by atoms with Crippen LogP contribution in [-0.4, -0.2) is 27.8 Å². The van der Waals surface area contributed by atoms with Crippen LogP contribution in [0.4, 0.5) is 5.69 Å². The van der Waals surface area contributed by atoms with E-state index < -0.39 is 10.1 Å². The average molecular weight is 396 g/mol. The zero-order valence-corrected chi connectivity index (χ0v) is 16.1. The molecular formula is C21H20N2O4S. The van der Waals surface area contributed by atoms with E-state index in [1.54, 1.807) is 18.2 Å². The summed E-state index contributed by atoms with van der Waals surface area (Å²) in [7, 11) is -2.61. The van der Waals surface area contributed by atoms with Crippen LogP contribution in [-0.2, 0) is 14.3 Å². The van der Waals surface area contributed by atoms with E-state index in [1.165, 1.54) is 13.2 Å². The Kier molecular flexibility index (Phi) is 6.41. The first-order chi connectivity index (χ1) is 13.6. The second-order valence-electron chi connectivity index (χ2n) is 5.77. The molecule has 3 aromatic carbocycles. The van der Waals surface area contributed by atoms with Gasteiger partial charge in [0.1, 0.15) is 17.3 Å². The lowest BCUT2D eigenvalue weighted by Crippen LogP contribution is -2.17. The van der Waals surface area contributed by atoms with E-state index in [1.807, 2.05) is 60.7 Å². The molecular weight excluding hydrogens is 376 g/mol. The summed E-state index contributed by atoms with van der Waals surface area (Å²) in [6.07, 6.45) is 0. The summed E-state index contributed by atoms with van der Waals surface area (Å²) in [6, 6.07) is 24.9. The number of methoxy groups -OCH3 is 1. The van der Waals surface area contributed by atoms with Gasteiger partial charge in [-0.1, -0.05) is 60.7 Å². The molecule has 0 heterocycles. The summed E-state index contributed by atoms with van der Waals surface area (Å²) in [5.74, 6) is 0.225. The van der Waals surface area contributed by atoms with Gasteiger partial charge >= 0.3 is 10.1 Å². The normalized spacial score (nSPS) is 11.8. The number of nitrogens with one attached hydrogen (secondary N) is 1. The summed E-state index contributed by atoms with van der Waals surface area (Å²) in [6.45, 7) is -0.232. The number of hydrazone groups is 1. The van der Waals surface area contributed by atoms with Gasteiger partial charge in [0.2, 0.25) is 0 Å². The summed E-state index contributed by atoms with van der Waals surface area (Å²) < 4.78 is 35.7. The van der Waals surface area contributed by atoms with Crippen LogP contribution >= 0.6 is 0 Å². The number of para-hydroxylation sites is 2. The third-order valence-corrected chi connectivity index (χ3v) is 5.19. The first-order valence-corrected chi connectivity index (χ1v) is 9.96. The second-order valence-corrected chi connectivity index (χ2v) is 7.35. The Morgan fingerprint density at radius 3 is 2.18 bits per heavy atom. The van der Waals surface area contributed by atoms with Gasteiger partial charge in [-0.15, -0.1) is 0 Å². The van der Waals surface area contributed by atoms with Crippen LogP contribution in [0.1, 0.15) is 5.56 Å². The third kappa shape index (κ3) is 4.97. The number of ether oxygens (including phenoxy) is 1. The quantitative estimate of drug-likeness (QED) is 0.355. The fourth-order valence-electron chi connectivity index (χ4n) is 2.48. The summed E-state index contributed by atoms with van der Waals surface area (Å²) in [4.78, 5) is -0.0269. The maximum Gasteiger partial charge on any atom is 0.301 e. The van der Waals surface area contributed by atoms with Crippen molar-refractivity contribution in [2.45, 2.75) is 4.90 Å². The Hall–Kier alpha value is -3.16. The molecule has 0 atom stereocenters. The predicted molar refractivity (Wildman–Crippen MR) is 109 cm³/mol. The molecule has 3 aromatic rings. The van der Waals surface area contributed by atoms with Crippen molar-refractivity contribution in [1.82, 2.24) is 0 Å². The van der Waals surface area contributed by atoms with Crippen LogP contribution in [0.5, 0.6) is 5.75 Å². The largest absolute Gasteiger partial charge is 0.495 e. The molecule has 0 aliphatic heterocycles. The van der Waals surface area contributed by atoms with Gasteiger partial charge in [-0.3, -0.25) is 9.61 Å². The average Bonchev–Trinajstić information content (AvgIpc) is 2.75. The Morgan fingerprint density at radius 1 is 0.893 bits per heavy atom. The highest BCUT2D eigenvalue weighted by Gasteiger charge is 2.21. The number of nitrogens with zero attached hydrogens (tertiary/aromatic N) is 1. The predicted octanol–water partition coefficient (Wildman–Crippen LogP) is 3.92. The van der Waals surface area contributed by atoms with Gasteiger partial charge in [0.05, 0.1) is 18.5 Å². The first kappa shape index (κ1) is 19.6. The molecule has 0 amide bonds. The van der Waals surface area contributed by atoms with E-state index in [4.69, 9.17) is 8.92 Å². The van der Waals surface area contributed by atoms with E-state index in [0.29, 0.717) is 5.71 Å². The summed E-state index contributed by atoms with van der Waals surface area (Å²) in [5, 5.41) is 4.35. The minimum absolute atomic E-state index is 0.0269. The molecule has 0 saturated heterocycles. The van der Waals surface area contributed by atoms with Crippen molar-refractivity contribution in [1.29, 1.82) is 0 Å². The van der Waals surface area contributed by atoms with Crippen LogP contribution in [0, 0.1) is 0 Å². The van der Waals surface area contributed by atoms with Gasteiger partial charge in [0, 0.05) is 5.56 Å². The van der Waals surface area contributed by atoms with Gasteiger partial charge in [-0.25, -0.2) is 0 Å². The third-order valence-electron chi connectivity index (χ3n) is 3.89. The standard InChI is InChI=1S/C21H20N2O4S/c1-26-20-14-8-9-15-21(20)28(24,25)27-16-19(17-10-4-2-5-11-17)23-22-18-12-6-3-7-13-18/h2-15,22H,16H2,1H3. The SMILES string of the molecule is COc1ccccc1S(=O)(=O)OCC(=NNc1ccccc1)c1ccccc1. The molecule has 0 spiro atoms. The fourth-order valence-corrected chi connectivity index (χ4v) is 3.51. The number of benzene rings is 3. The molecule has 6 nitrogen and oxygen atoms in total. The smallest absolute Gasteiger partial charge is 0.301 e. The maximum atomic E-state index is 12.6. The molecule has 3 rings (SSSR count). The maximum absolute atomic E-state index is 12.6. The molecule has 0 aromatic heterocycles. The van der Waals surface area contributed by atoms with Crippen molar-refractivity contribution in [2.24, 2.45) is 5.10 Å². The van der Waals surface area contributed by atoms with Gasteiger partial charge in [0.25, 0.3) is 0 Å². The molecule has 0 saturated carbocycles. The molecule has 0 aliphatic rings.